The van der Waals surface area contributed by atoms with Crippen molar-refractivity contribution in [3.05, 3.63) is 35.6 Å². The maximum Gasteiger partial charge on any atom is 0.323 e. The van der Waals surface area contributed by atoms with Gasteiger partial charge in [-0.1, -0.05) is 12.1 Å². The van der Waals surface area contributed by atoms with Gasteiger partial charge in [-0.25, -0.2) is 4.39 Å². The van der Waals surface area contributed by atoms with Gasteiger partial charge < -0.3 is 9.84 Å². The van der Waals surface area contributed by atoms with Crippen LogP contribution in [0, 0.1) is 5.82 Å². The summed E-state index contributed by atoms with van der Waals surface area (Å²) in [5, 5.41) is 12.0. The molecule has 2 rings (SSSR count). The lowest BCUT2D eigenvalue weighted by Gasteiger charge is -2.38. The first-order valence-corrected chi connectivity index (χ1v) is 5.89. The third kappa shape index (κ3) is 2.52. The van der Waals surface area contributed by atoms with E-state index in [1.54, 1.807) is 19.1 Å². The van der Waals surface area contributed by atoms with Crippen molar-refractivity contribution in [1.29, 1.82) is 0 Å². The van der Waals surface area contributed by atoms with E-state index in [4.69, 9.17) is 9.84 Å². The van der Waals surface area contributed by atoms with Crippen molar-refractivity contribution in [2.24, 2.45) is 0 Å². The lowest BCUT2D eigenvalue weighted by Crippen LogP contribution is -2.56. The van der Waals surface area contributed by atoms with Crippen LogP contribution in [0.5, 0.6) is 0 Å². The average Bonchev–Trinajstić information content (AvgIpc) is 2.31. The van der Waals surface area contributed by atoms with Crippen molar-refractivity contribution >= 4 is 5.97 Å². The monoisotopic (exact) mass is 253 g/mol. The third-order valence-electron chi connectivity index (χ3n) is 3.17. The zero-order valence-corrected chi connectivity index (χ0v) is 10.3. The topological polar surface area (TPSA) is 58.6 Å². The number of halogens is 1. The molecule has 2 N–H and O–H groups in total. The number of hydrogen-bond donors (Lipinski definition) is 2. The highest BCUT2D eigenvalue weighted by molar-refractivity contribution is 5.74. The molecular weight excluding hydrogens is 237 g/mol. The van der Waals surface area contributed by atoms with E-state index in [0.29, 0.717) is 5.56 Å². The lowest BCUT2D eigenvalue weighted by atomic mass is 9.98. The normalized spacial score (nSPS) is 32.2. The Morgan fingerprint density at radius 1 is 1.44 bits per heavy atom. The molecule has 1 heterocycles. The molecule has 1 saturated heterocycles. The second kappa shape index (κ2) is 5.04. The smallest absolute Gasteiger partial charge is 0.323 e. The Hall–Kier alpha value is -1.46. The number of morpholine rings is 1. The molecule has 5 heteroatoms. The Balaban J connectivity index is 2.19. The van der Waals surface area contributed by atoms with Crippen molar-refractivity contribution < 1.29 is 19.0 Å². The second-order valence-corrected chi connectivity index (χ2v) is 4.59. The highest BCUT2D eigenvalue weighted by atomic mass is 19.1. The summed E-state index contributed by atoms with van der Waals surface area (Å²) in [6, 6.07) is 5.26. The fraction of sp³-hybridized carbons (Fsp3) is 0.462. The molecule has 1 aromatic rings. The van der Waals surface area contributed by atoms with Gasteiger partial charge >= 0.3 is 5.97 Å². The van der Waals surface area contributed by atoms with Gasteiger partial charge in [0.1, 0.15) is 11.9 Å². The summed E-state index contributed by atoms with van der Waals surface area (Å²) >= 11 is 0. The number of aliphatic carboxylic acids is 1. The van der Waals surface area contributed by atoms with Crippen molar-refractivity contribution in [1.82, 2.24) is 5.32 Å². The molecule has 0 bridgehead atoms. The Morgan fingerprint density at radius 2 is 2.17 bits per heavy atom. The van der Waals surface area contributed by atoms with Crippen molar-refractivity contribution in [3.63, 3.8) is 0 Å². The summed E-state index contributed by atoms with van der Waals surface area (Å²) in [6.45, 7) is 3.53. The molecule has 18 heavy (non-hydrogen) atoms. The molecule has 4 unspecified atom stereocenters. The van der Waals surface area contributed by atoms with Crippen molar-refractivity contribution in [3.8, 4) is 0 Å². The van der Waals surface area contributed by atoms with Crippen LogP contribution in [0.15, 0.2) is 24.3 Å². The summed E-state index contributed by atoms with van der Waals surface area (Å²) in [6.07, 6.45) is -0.807. The third-order valence-corrected chi connectivity index (χ3v) is 3.17. The van der Waals surface area contributed by atoms with Gasteiger partial charge in [0.15, 0.2) is 0 Å². The van der Waals surface area contributed by atoms with E-state index in [1.165, 1.54) is 12.1 Å². The first-order valence-electron chi connectivity index (χ1n) is 5.89. The van der Waals surface area contributed by atoms with Crippen LogP contribution in [0.2, 0.25) is 0 Å². The standard InChI is InChI=1S/C13H16FNO3/c1-7-12(9-4-3-5-10(14)6-9)18-8(2)11(15-7)13(16)17/h3-8,11-12,15H,1-2H3,(H,16,17). The molecule has 0 aromatic heterocycles. The second-order valence-electron chi connectivity index (χ2n) is 4.59. The van der Waals surface area contributed by atoms with E-state index in [9.17, 15) is 9.18 Å². The molecular formula is C13H16FNO3. The zero-order valence-electron chi connectivity index (χ0n) is 10.3. The minimum absolute atomic E-state index is 0.191. The van der Waals surface area contributed by atoms with E-state index in [2.05, 4.69) is 5.32 Å². The van der Waals surface area contributed by atoms with E-state index in [-0.39, 0.29) is 18.0 Å². The Labute approximate surface area is 105 Å². The zero-order chi connectivity index (χ0) is 13.3. The van der Waals surface area contributed by atoms with Crippen molar-refractivity contribution in [2.75, 3.05) is 0 Å². The minimum atomic E-state index is -0.938. The lowest BCUT2D eigenvalue weighted by molar-refractivity contribution is -0.152. The number of carboxylic acid groups (broad SMARTS) is 1. The van der Waals surface area contributed by atoms with Gasteiger partial charge in [0.2, 0.25) is 0 Å². The number of carbonyl (C=O) groups is 1. The van der Waals surface area contributed by atoms with E-state index >= 15 is 0 Å². The van der Waals surface area contributed by atoms with Crippen LogP contribution in [-0.4, -0.2) is 29.3 Å². The Kier molecular flexibility index (Phi) is 3.63. The molecule has 0 saturated carbocycles. The highest BCUT2D eigenvalue weighted by Crippen LogP contribution is 2.28. The van der Waals surface area contributed by atoms with Crippen molar-refractivity contribution in [2.45, 2.75) is 38.1 Å². The predicted octanol–water partition coefficient (Wildman–Crippen LogP) is 1.72. The number of benzene rings is 1. The van der Waals surface area contributed by atoms with Crippen LogP contribution in [0.25, 0.3) is 0 Å². The number of carboxylic acids is 1. The number of ether oxygens (including phenoxy) is 1. The van der Waals surface area contributed by atoms with Crippen LogP contribution in [0.3, 0.4) is 0 Å². The van der Waals surface area contributed by atoms with E-state index in [1.807, 2.05) is 6.92 Å². The average molecular weight is 253 g/mol. The van der Waals surface area contributed by atoms with Crippen LogP contribution < -0.4 is 5.32 Å². The van der Waals surface area contributed by atoms with Gasteiger partial charge in [-0.3, -0.25) is 10.1 Å². The quantitative estimate of drug-likeness (QED) is 0.842. The summed E-state index contributed by atoms with van der Waals surface area (Å²) in [5.74, 6) is -1.26. The first-order chi connectivity index (χ1) is 8.49. The Morgan fingerprint density at radius 3 is 2.78 bits per heavy atom. The number of rotatable bonds is 2. The summed E-state index contributed by atoms with van der Waals surface area (Å²) in [5.41, 5.74) is 0.714. The maximum absolute atomic E-state index is 13.2. The molecule has 1 aliphatic heterocycles. The number of hydrogen-bond acceptors (Lipinski definition) is 3. The summed E-state index contributed by atoms with van der Waals surface area (Å²) in [4.78, 5) is 11.0. The van der Waals surface area contributed by atoms with Gasteiger partial charge in [0.25, 0.3) is 0 Å². The fourth-order valence-corrected chi connectivity index (χ4v) is 2.26. The molecule has 0 amide bonds. The van der Waals surface area contributed by atoms with Crippen LogP contribution in [0.4, 0.5) is 4.39 Å². The molecule has 1 aromatic carbocycles. The molecule has 1 fully saturated rings. The molecule has 0 radical (unpaired) electrons. The van der Waals surface area contributed by atoms with Gasteiger partial charge in [0, 0.05) is 6.04 Å². The van der Waals surface area contributed by atoms with Crippen LogP contribution >= 0.6 is 0 Å². The van der Waals surface area contributed by atoms with Gasteiger partial charge in [-0.15, -0.1) is 0 Å². The highest BCUT2D eigenvalue weighted by Gasteiger charge is 2.37. The Bertz CT molecular complexity index is 452. The molecule has 98 valence electrons. The first kappa shape index (κ1) is 13.0. The van der Waals surface area contributed by atoms with E-state index in [0.717, 1.165) is 0 Å². The predicted molar refractivity (Wildman–Crippen MR) is 63.7 cm³/mol. The summed E-state index contributed by atoms with van der Waals surface area (Å²) < 4.78 is 18.9. The molecule has 0 aliphatic carbocycles. The molecule has 0 spiro atoms. The minimum Gasteiger partial charge on any atom is -0.480 e. The maximum atomic E-state index is 13.2. The van der Waals surface area contributed by atoms with Gasteiger partial charge in [0.05, 0.1) is 12.2 Å². The largest absolute Gasteiger partial charge is 0.480 e. The SMILES string of the molecule is CC1NC(C(=O)O)C(C)OC1c1cccc(F)c1. The van der Waals surface area contributed by atoms with Crippen LogP contribution in [0.1, 0.15) is 25.5 Å². The van der Waals surface area contributed by atoms with Gasteiger partial charge in [-0.05, 0) is 31.5 Å². The van der Waals surface area contributed by atoms with Gasteiger partial charge in [-0.2, -0.15) is 0 Å². The molecule has 4 nitrogen and oxygen atoms in total. The summed E-state index contributed by atoms with van der Waals surface area (Å²) in [7, 11) is 0. The molecule has 1 aliphatic rings. The van der Waals surface area contributed by atoms with E-state index < -0.39 is 18.1 Å². The number of nitrogens with one attached hydrogen (secondary N) is 1. The fourth-order valence-electron chi connectivity index (χ4n) is 2.26. The van der Waals surface area contributed by atoms with Crippen LogP contribution in [-0.2, 0) is 9.53 Å². The molecule has 4 atom stereocenters.